The zero-order valence-corrected chi connectivity index (χ0v) is 10.5. The van der Waals surface area contributed by atoms with Crippen molar-refractivity contribution in [2.24, 2.45) is 5.73 Å². The molecular weight excluding hydrogens is 260 g/mol. The maximum Gasteiger partial charge on any atom is 0.410 e. The molecule has 0 spiro atoms. The fraction of sp³-hybridized carbons (Fsp3) is 0.0714. The van der Waals surface area contributed by atoms with Crippen molar-refractivity contribution in [1.29, 1.82) is 0 Å². The van der Waals surface area contributed by atoms with Gasteiger partial charge in [0, 0.05) is 6.07 Å². The van der Waals surface area contributed by atoms with Gasteiger partial charge in [0.25, 0.3) is 0 Å². The Kier molecular flexibility index (Phi) is 3.95. The van der Waals surface area contributed by atoms with Gasteiger partial charge in [-0.15, -0.1) is 0 Å². The lowest BCUT2D eigenvalue weighted by molar-refractivity contribution is -0.385. The Morgan fingerprint density at radius 1 is 1.15 bits per heavy atom. The number of amides is 1. The maximum atomic E-state index is 11.0. The Labute approximate surface area is 114 Å². The van der Waals surface area contributed by atoms with Gasteiger partial charge >= 0.3 is 11.8 Å². The number of ether oxygens (including phenoxy) is 1. The largest absolute Gasteiger partial charge is 0.410 e. The first-order valence-corrected chi connectivity index (χ1v) is 5.85. The summed E-state index contributed by atoms with van der Waals surface area (Å²) < 4.78 is 4.61. The van der Waals surface area contributed by atoms with Gasteiger partial charge in [0.1, 0.15) is 0 Å². The third kappa shape index (κ3) is 3.32. The average Bonchev–Trinajstić information content (AvgIpc) is 2.41. The van der Waals surface area contributed by atoms with Gasteiger partial charge in [-0.1, -0.05) is 36.4 Å². The molecule has 0 atom stereocenters. The lowest BCUT2D eigenvalue weighted by Gasteiger charge is -2.05. The molecule has 0 saturated carbocycles. The summed E-state index contributed by atoms with van der Waals surface area (Å²) >= 11 is 0. The van der Waals surface area contributed by atoms with E-state index in [9.17, 15) is 14.9 Å². The van der Waals surface area contributed by atoms with Crippen molar-refractivity contribution in [2.75, 3.05) is 0 Å². The Hall–Kier alpha value is -2.89. The van der Waals surface area contributed by atoms with Crippen LogP contribution in [0.1, 0.15) is 11.1 Å². The molecular formula is C14H12N2O4. The minimum absolute atomic E-state index is 0.153. The number of hydrogen-bond acceptors (Lipinski definition) is 4. The molecule has 6 heteroatoms. The highest BCUT2D eigenvalue weighted by Gasteiger charge is 2.17. The molecule has 102 valence electrons. The third-order valence-electron chi connectivity index (χ3n) is 2.68. The highest BCUT2D eigenvalue weighted by Crippen LogP contribution is 2.28. The molecule has 0 heterocycles. The molecule has 0 aromatic heterocycles. The monoisotopic (exact) mass is 272 g/mol. The predicted octanol–water partition coefficient (Wildman–Crippen LogP) is 2.64. The summed E-state index contributed by atoms with van der Waals surface area (Å²) in [5, 5.41) is 11.0. The molecule has 0 aliphatic heterocycles. The second-order valence-electron chi connectivity index (χ2n) is 4.14. The number of nitro groups is 1. The summed E-state index contributed by atoms with van der Waals surface area (Å²) in [6.45, 7) is 0. The smallest absolute Gasteiger partial charge is 0.403 e. The van der Waals surface area contributed by atoms with E-state index in [2.05, 4.69) is 4.74 Å². The van der Waals surface area contributed by atoms with Crippen LogP contribution in [0.5, 0.6) is 5.75 Å². The van der Waals surface area contributed by atoms with E-state index < -0.39 is 11.0 Å². The second-order valence-corrected chi connectivity index (χ2v) is 4.14. The molecule has 0 radical (unpaired) electrons. The predicted molar refractivity (Wildman–Crippen MR) is 72.6 cm³/mol. The van der Waals surface area contributed by atoms with Crippen molar-refractivity contribution in [3.8, 4) is 5.75 Å². The van der Waals surface area contributed by atoms with E-state index in [0.717, 1.165) is 11.1 Å². The summed E-state index contributed by atoms with van der Waals surface area (Å²) in [5.41, 5.74) is 6.37. The van der Waals surface area contributed by atoms with Crippen LogP contribution < -0.4 is 10.5 Å². The van der Waals surface area contributed by atoms with E-state index >= 15 is 0 Å². The van der Waals surface area contributed by atoms with Gasteiger partial charge in [-0.05, 0) is 23.6 Å². The quantitative estimate of drug-likeness (QED) is 0.683. The minimum atomic E-state index is -1.08. The minimum Gasteiger partial charge on any atom is -0.403 e. The Morgan fingerprint density at radius 2 is 1.85 bits per heavy atom. The highest BCUT2D eigenvalue weighted by molar-refractivity contribution is 5.70. The number of nitro benzene ring substituents is 1. The first kappa shape index (κ1) is 13.5. The van der Waals surface area contributed by atoms with Gasteiger partial charge < -0.3 is 10.5 Å². The summed E-state index contributed by atoms with van der Waals surface area (Å²) in [5.74, 6) is -0.153. The molecule has 0 saturated heterocycles. The number of carbonyl (C=O) groups is 1. The van der Waals surface area contributed by atoms with Crippen LogP contribution in [0.2, 0.25) is 0 Å². The summed E-state index contributed by atoms with van der Waals surface area (Å²) in [6, 6.07) is 14.0. The molecule has 2 aromatic carbocycles. The number of hydrogen-bond donors (Lipinski definition) is 1. The number of nitrogens with two attached hydrogens (primary N) is 1. The van der Waals surface area contributed by atoms with Crippen molar-refractivity contribution in [3.05, 3.63) is 69.8 Å². The van der Waals surface area contributed by atoms with Crippen LogP contribution in [-0.2, 0) is 6.42 Å². The van der Waals surface area contributed by atoms with Crippen molar-refractivity contribution in [2.45, 2.75) is 6.42 Å². The molecule has 0 aliphatic carbocycles. The number of benzene rings is 2. The maximum absolute atomic E-state index is 11.0. The molecule has 2 rings (SSSR count). The van der Waals surface area contributed by atoms with E-state index in [4.69, 9.17) is 5.73 Å². The van der Waals surface area contributed by atoms with E-state index in [1.54, 1.807) is 6.07 Å². The highest BCUT2D eigenvalue weighted by atomic mass is 16.6. The standard InChI is InChI=1S/C14H12N2O4/c15-14(17)20-13-7-6-11(9-12(13)16(18)19)8-10-4-2-1-3-5-10/h1-7,9H,8H2,(H2,15,17). The average molecular weight is 272 g/mol. The number of rotatable bonds is 4. The molecule has 0 aliphatic rings. The van der Waals surface area contributed by atoms with Crippen molar-refractivity contribution in [1.82, 2.24) is 0 Å². The molecule has 20 heavy (non-hydrogen) atoms. The van der Waals surface area contributed by atoms with Gasteiger partial charge in [0.2, 0.25) is 5.75 Å². The Bertz CT molecular complexity index is 641. The van der Waals surface area contributed by atoms with E-state index in [0.29, 0.717) is 6.42 Å². The zero-order valence-electron chi connectivity index (χ0n) is 10.5. The third-order valence-corrected chi connectivity index (χ3v) is 2.68. The van der Waals surface area contributed by atoms with Crippen LogP contribution in [0.3, 0.4) is 0 Å². The summed E-state index contributed by atoms with van der Waals surface area (Å²) in [4.78, 5) is 21.1. The van der Waals surface area contributed by atoms with Crippen LogP contribution in [0.4, 0.5) is 10.5 Å². The van der Waals surface area contributed by atoms with Gasteiger partial charge in [-0.25, -0.2) is 4.79 Å². The van der Waals surface area contributed by atoms with E-state index in [-0.39, 0.29) is 11.4 Å². The molecule has 1 amide bonds. The fourth-order valence-electron chi connectivity index (χ4n) is 1.84. The van der Waals surface area contributed by atoms with Gasteiger partial charge in [-0.3, -0.25) is 10.1 Å². The van der Waals surface area contributed by atoms with E-state index in [1.165, 1.54) is 12.1 Å². The molecule has 0 unspecified atom stereocenters. The molecule has 0 bridgehead atoms. The van der Waals surface area contributed by atoms with Crippen LogP contribution >= 0.6 is 0 Å². The van der Waals surface area contributed by atoms with Gasteiger partial charge in [0.15, 0.2) is 0 Å². The van der Waals surface area contributed by atoms with Crippen LogP contribution in [-0.4, -0.2) is 11.0 Å². The van der Waals surface area contributed by atoms with Crippen molar-refractivity contribution in [3.63, 3.8) is 0 Å². The topological polar surface area (TPSA) is 95.5 Å². The van der Waals surface area contributed by atoms with Gasteiger partial charge in [-0.2, -0.15) is 0 Å². The lowest BCUT2D eigenvalue weighted by atomic mass is 10.0. The Morgan fingerprint density at radius 3 is 2.45 bits per heavy atom. The second kappa shape index (κ2) is 5.83. The number of carbonyl (C=O) groups excluding carboxylic acids is 1. The zero-order chi connectivity index (χ0) is 14.5. The van der Waals surface area contributed by atoms with E-state index in [1.807, 2.05) is 30.3 Å². The van der Waals surface area contributed by atoms with Gasteiger partial charge in [0.05, 0.1) is 4.92 Å². The Balaban J connectivity index is 2.30. The number of nitrogens with zero attached hydrogens (tertiary/aromatic N) is 1. The lowest BCUT2D eigenvalue weighted by Crippen LogP contribution is -2.17. The molecule has 2 N–H and O–H groups in total. The fourth-order valence-corrected chi connectivity index (χ4v) is 1.84. The van der Waals surface area contributed by atoms with Crippen LogP contribution in [0.25, 0.3) is 0 Å². The first-order chi connectivity index (χ1) is 9.56. The first-order valence-electron chi connectivity index (χ1n) is 5.85. The molecule has 2 aromatic rings. The van der Waals surface area contributed by atoms with Crippen molar-refractivity contribution < 1.29 is 14.5 Å². The van der Waals surface area contributed by atoms with Crippen LogP contribution in [0, 0.1) is 10.1 Å². The molecule has 0 fully saturated rings. The van der Waals surface area contributed by atoms with Crippen LogP contribution in [0.15, 0.2) is 48.5 Å². The normalized spacial score (nSPS) is 10.0. The summed E-state index contributed by atoms with van der Waals surface area (Å²) in [6.07, 6.45) is -0.526. The SMILES string of the molecule is NC(=O)Oc1ccc(Cc2ccccc2)cc1[N+](=O)[O-]. The molecule has 6 nitrogen and oxygen atoms in total. The van der Waals surface area contributed by atoms with Crippen molar-refractivity contribution >= 4 is 11.8 Å². The number of primary amides is 1. The summed E-state index contributed by atoms with van der Waals surface area (Å²) in [7, 11) is 0.